The molecular weight excluding hydrogens is 334 g/mol. The molecule has 7 nitrogen and oxygen atoms in total. The molecule has 1 aromatic carbocycles. The van der Waals surface area contributed by atoms with Gasteiger partial charge in [-0.05, 0) is 57.2 Å². The molecule has 1 aliphatic rings. The summed E-state index contributed by atoms with van der Waals surface area (Å²) in [7, 11) is 1.60. The van der Waals surface area contributed by atoms with E-state index in [9.17, 15) is 14.4 Å². The van der Waals surface area contributed by atoms with Crippen molar-refractivity contribution in [3.63, 3.8) is 0 Å². The zero-order chi connectivity index (χ0) is 19.3. The number of hydrogen-bond donors (Lipinski definition) is 3. The first-order valence-corrected chi connectivity index (χ1v) is 8.80. The minimum Gasteiger partial charge on any atom is -0.497 e. The molecule has 1 aromatic rings. The smallest absolute Gasteiger partial charge is 0.318 e. The SMILES string of the molecule is COc1ccc(C(C)(C)C(=O)NC2CCC(C(=O)NC(N)=O)CC2)cc1. The molecule has 7 heteroatoms. The van der Waals surface area contributed by atoms with Gasteiger partial charge in [0.25, 0.3) is 0 Å². The molecule has 1 aliphatic carbocycles. The van der Waals surface area contributed by atoms with Gasteiger partial charge in [0, 0.05) is 12.0 Å². The van der Waals surface area contributed by atoms with E-state index in [1.807, 2.05) is 38.1 Å². The van der Waals surface area contributed by atoms with Gasteiger partial charge in [-0.3, -0.25) is 14.9 Å². The van der Waals surface area contributed by atoms with Crippen molar-refractivity contribution < 1.29 is 19.1 Å². The van der Waals surface area contributed by atoms with Crippen LogP contribution < -0.4 is 21.1 Å². The number of primary amides is 1. The summed E-state index contributed by atoms with van der Waals surface area (Å²) in [6.45, 7) is 3.77. The van der Waals surface area contributed by atoms with Crippen LogP contribution in [0.5, 0.6) is 5.75 Å². The number of urea groups is 1. The van der Waals surface area contributed by atoms with Crippen LogP contribution in [0.15, 0.2) is 24.3 Å². The second kappa shape index (κ2) is 8.21. The summed E-state index contributed by atoms with van der Waals surface area (Å²) in [6, 6.07) is 6.66. The molecule has 1 fully saturated rings. The number of amides is 4. The number of hydrogen-bond acceptors (Lipinski definition) is 4. The summed E-state index contributed by atoms with van der Waals surface area (Å²) in [4.78, 5) is 35.4. The third kappa shape index (κ3) is 4.74. The van der Waals surface area contributed by atoms with E-state index in [0.29, 0.717) is 25.7 Å². The second-order valence-electron chi connectivity index (χ2n) is 7.23. The molecule has 0 spiro atoms. The van der Waals surface area contributed by atoms with Gasteiger partial charge in [0.15, 0.2) is 0 Å². The highest BCUT2D eigenvalue weighted by Crippen LogP contribution is 2.28. The van der Waals surface area contributed by atoms with E-state index in [-0.39, 0.29) is 23.8 Å². The molecule has 0 heterocycles. The first kappa shape index (κ1) is 19.8. The molecule has 0 saturated heterocycles. The lowest BCUT2D eigenvalue weighted by Gasteiger charge is -2.32. The number of benzene rings is 1. The Labute approximate surface area is 153 Å². The van der Waals surface area contributed by atoms with Crippen LogP contribution in [-0.2, 0) is 15.0 Å². The predicted octanol–water partition coefficient (Wildman–Crippen LogP) is 1.84. The first-order chi connectivity index (χ1) is 12.2. The normalized spacial score (nSPS) is 20.1. The van der Waals surface area contributed by atoms with Crippen LogP contribution in [0.2, 0.25) is 0 Å². The third-order valence-electron chi connectivity index (χ3n) is 5.06. The average Bonchev–Trinajstić information content (AvgIpc) is 2.61. The quantitative estimate of drug-likeness (QED) is 0.743. The lowest BCUT2D eigenvalue weighted by atomic mass is 9.81. The van der Waals surface area contributed by atoms with Gasteiger partial charge in [0.05, 0.1) is 12.5 Å². The largest absolute Gasteiger partial charge is 0.497 e. The van der Waals surface area contributed by atoms with Gasteiger partial charge in [-0.2, -0.15) is 0 Å². The zero-order valence-electron chi connectivity index (χ0n) is 15.5. The first-order valence-electron chi connectivity index (χ1n) is 8.80. The van der Waals surface area contributed by atoms with E-state index in [1.165, 1.54) is 0 Å². The second-order valence-corrected chi connectivity index (χ2v) is 7.23. The van der Waals surface area contributed by atoms with Crippen molar-refractivity contribution in [1.82, 2.24) is 10.6 Å². The van der Waals surface area contributed by atoms with Gasteiger partial charge in [-0.25, -0.2) is 4.79 Å². The van der Waals surface area contributed by atoms with Crippen molar-refractivity contribution in [3.8, 4) is 5.75 Å². The predicted molar refractivity (Wildman–Crippen MR) is 97.6 cm³/mol. The Kier molecular flexibility index (Phi) is 6.23. The minimum atomic E-state index is -0.827. The van der Waals surface area contributed by atoms with E-state index in [2.05, 4.69) is 10.6 Å². The van der Waals surface area contributed by atoms with Crippen molar-refractivity contribution in [2.24, 2.45) is 11.7 Å². The summed E-state index contributed by atoms with van der Waals surface area (Å²) in [5, 5.41) is 5.22. The van der Waals surface area contributed by atoms with Crippen molar-refractivity contribution in [2.45, 2.75) is 51.0 Å². The monoisotopic (exact) mass is 361 g/mol. The van der Waals surface area contributed by atoms with Crippen molar-refractivity contribution in [3.05, 3.63) is 29.8 Å². The highest BCUT2D eigenvalue weighted by atomic mass is 16.5. The lowest BCUT2D eigenvalue weighted by Crippen LogP contribution is -2.47. The van der Waals surface area contributed by atoms with Crippen LogP contribution in [-0.4, -0.2) is 31.0 Å². The number of ether oxygens (including phenoxy) is 1. The summed E-state index contributed by atoms with van der Waals surface area (Å²) >= 11 is 0. The molecule has 4 amide bonds. The van der Waals surface area contributed by atoms with Crippen LogP contribution in [0.4, 0.5) is 4.79 Å². The van der Waals surface area contributed by atoms with E-state index >= 15 is 0 Å². The number of imide groups is 1. The van der Waals surface area contributed by atoms with Crippen molar-refractivity contribution >= 4 is 17.8 Å². The molecule has 1 saturated carbocycles. The molecule has 0 bridgehead atoms. The van der Waals surface area contributed by atoms with Crippen LogP contribution in [0.1, 0.15) is 45.1 Å². The standard InChI is InChI=1S/C19H27N3O4/c1-19(2,13-6-10-15(26-3)11-7-13)17(24)21-14-8-4-12(5-9-14)16(23)22-18(20)25/h6-7,10-12,14H,4-5,8-9H2,1-3H3,(H,21,24)(H3,20,22,23,25). The number of carbonyl (C=O) groups is 3. The van der Waals surface area contributed by atoms with Crippen molar-refractivity contribution in [1.29, 1.82) is 0 Å². The Morgan fingerprint density at radius 1 is 1.08 bits per heavy atom. The fourth-order valence-corrected chi connectivity index (χ4v) is 3.23. The summed E-state index contributed by atoms with van der Waals surface area (Å²) in [5.41, 5.74) is 5.21. The molecule has 0 atom stereocenters. The Morgan fingerprint density at radius 2 is 1.65 bits per heavy atom. The fourth-order valence-electron chi connectivity index (χ4n) is 3.23. The van der Waals surface area contributed by atoms with Gasteiger partial charge < -0.3 is 15.8 Å². The maximum atomic E-state index is 12.8. The topological polar surface area (TPSA) is 111 Å². The summed E-state index contributed by atoms with van der Waals surface area (Å²) in [5.74, 6) is 0.135. The Bertz CT molecular complexity index is 662. The number of carbonyl (C=O) groups excluding carboxylic acids is 3. The van der Waals surface area contributed by atoms with E-state index < -0.39 is 11.4 Å². The molecule has 2 rings (SSSR count). The maximum Gasteiger partial charge on any atom is 0.318 e. The maximum absolute atomic E-state index is 12.8. The molecule has 26 heavy (non-hydrogen) atoms. The average molecular weight is 361 g/mol. The summed E-state index contributed by atoms with van der Waals surface area (Å²) < 4.78 is 5.16. The van der Waals surface area contributed by atoms with Gasteiger partial charge >= 0.3 is 6.03 Å². The number of nitrogens with two attached hydrogens (primary N) is 1. The highest BCUT2D eigenvalue weighted by Gasteiger charge is 2.33. The number of nitrogens with one attached hydrogen (secondary N) is 2. The Balaban J connectivity index is 1.91. The molecule has 142 valence electrons. The van der Waals surface area contributed by atoms with Crippen molar-refractivity contribution in [2.75, 3.05) is 7.11 Å². The van der Waals surface area contributed by atoms with E-state index in [0.717, 1.165) is 11.3 Å². The number of methoxy groups -OCH3 is 1. The van der Waals surface area contributed by atoms with E-state index in [1.54, 1.807) is 7.11 Å². The fraction of sp³-hybridized carbons (Fsp3) is 0.526. The van der Waals surface area contributed by atoms with Crippen LogP contribution in [0, 0.1) is 5.92 Å². The lowest BCUT2D eigenvalue weighted by molar-refractivity contribution is -0.127. The molecule has 0 aromatic heterocycles. The zero-order valence-corrected chi connectivity index (χ0v) is 15.5. The van der Waals surface area contributed by atoms with Gasteiger partial charge in [-0.1, -0.05) is 12.1 Å². The van der Waals surface area contributed by atoms with E-state index in [4.69, 9.17) is 10.5 Å². The van der Waals surface area contributed by atoms with Gasteiger partial charge in [0.2, 0.25) is 11.8 Å². The highest BCUT2D eigenvalue weighted by molar-refractivity contribution is 5.94. The molecule has 0 unspecified atom stereocenters. The number of rotatable bonds is 5. The molecule has 0 aliphatic heterocycles. The van der Waals surface area contributed by atoms with Crippen LogP contribution >= 0.6 is 0 Å². The Hall–Kier alpha value is -2.57. The molecular formula is C19H27N3O4. The summed E-state index contributed by atoms with van der Waals surface area (Å²) in [6.07, 6.45) is 2.63. The Morgan fingerprint density at radius 3 is 2.15 bits per heavy atom. The molecule has 0 radical (unpaired) electrons. The van der Waals surface area contributed by atoms with Gasteiger partial charge in [0.1, 0.15) is 5.75 Å². The third-order valence-corrected chi connectivity index (χ3v) is 5.06. The minimum absolute atomic E-state index is 0.0256. The van der Waals surface area contributed by atoms with Crippen LogP contribution in [0.25, 0.3) is 0 Å². The van der Waals surface area contributed by atoms with Crippen LogP contribution in [0.3, 0.4) is 0 Å². The van der Waals surface area contributed by atoms with Gasteiger partial charge in [-0.15, -0.1) is 0 Å². The molecule has 4 N–H and O–H groups in total.